The lowest BCUT2D eigenvalue weighted by molar-refractivity contribution is -0.143. The molecule has 8 heteroatoms. The summed E-state index contributed by atoms with van der Waals surface area (Å²) in [5.41, 5.74) is 1.62. The Morgan fingerprint density at radius 1 is 1.14 bits per heavy atom. The van der Waals surface area contributed by atoms with Gasteiger partial charge < -0.3 is 15.1 Å². The molecular weight excluding hydrogens is 372 g/mol. The van der Waals surface area contributed by atoms with Crippen LogP contribution >= 0.6 is 0 Å². The van der Waals surface area contributed by atoms with Crippen molar-refractivity contribution in [3.05, 3.63) is 0 Å². The Bertz CT molecular complexity index is 569. The predicted octanol–water partition coefficient (Wildman–Crippen LogP) is 1.53. The van der Waals surface area contributed by atoms with Gasteiger partial charge in [-0.25, -0.2) is 5.48 Å². The molecule has 0 aromatic heterocycles. The molecule has 0 saturated carbocycles. The van der Waals surface area contributed by atoms with Gasteiger partial charge in [-0.05, 0) is 25.8 Å². The number of amides is 3. The number of hydroxylamine groups is 1. The summed E-state index contributed by atoms with van der Waals surface area (Å²) in [5, 5.41) is 11.8. The average Bonchev–Trinajstić information content (AvgIpc) is 2.68. The zero-order valence-electron chi connectivity index (χ0n) is 18.2. The number of hydrogen-bond acceptors (Lipinski definition) is 5. The van der Waals surface area contributed by atoms with Crippen LogP contribution in [0.2, 0.25) is 0 Å². The summed E-state index contributed by atoms with van der Waals surface area (Å²) in [4.78, 5) is 42.3. The first-order valence-electron chi connectivity index (χ1n) is 11.1. The molecule has 3 atom stereocenters. The van der Waals surface area contributed by atoms with E-state index in [1.54, 1.807) is 5.48 Å². The monoisotopic (exact) mass is 410 g/mol. The Labute approximate surface area is 174 Å². The van der Waals surface area contributed by atoms with Gasteiger partial charge in [0, 0.05) is 38.0 Å². The van der Waals surface area contributed by atoms with E-state index in [0.29, 0.717) is 13.0 Å². The normalized spacial score (nSPS) is 28.4. The fourth-order valence-corrected chi connectivity index (χ4v) is 4.41. The van der Waals surface area contributed by atoms with Gasteiger partial charge in [0.25, 0.3) is 0 Å². The molecule has 0 aromatic rings. The van der Waals surface area contributed by atoms with E-state index in [9.17, 15) is 14.4 Å². The Morgan fingerprint density at radius 2 is 1.79 bits per heavy atom. The third-order valence-corrected chi connectivity index (χ3v) is 6.22. The van der Waals surface area contributed by atoms with Crippen molar-refractivity contribution in [3.63, 3.8) is 0 Å². The second kappa shape index (κ2) is 11.5. The van der Waals surface area contributed by atoms with Crippen molar-refractivity contribution < 1.29 is 19.6 Å². The number of carbonyl (C=O) groups excluding carboxylic acids is 3. The number of nitrogens with one attached hydrogen (secondary N) is 2. The third kappa shape index (κ3) is 6.96. The van der Waals surface area contributed by atoms with Gasteiger partial charge in [-0.1, -0.05) is 46.0 Å². The summed E-state index contributed by atoms with van der Waals surface area (Å²) >= 11 is 0. The number of carbonyl (C=O) groups is 3. The fraction of sp³-hybridized carbons (Fsp3) is 0.857. The van der Waals surface area contributed by atoms with Crippen molar-refractivity contribution in [2.75, 3.05) is 26.7 Å². The first kappa shape index (κ1) is 23.6. The van der Waals surface area contributed by atoms with E-state index in [1.807, 2.05) is 18.7 Å². The average molecular weight is 411 g/mol. The van der Waals surface area contributed by atoms with Gasteiger partial charge in [0.05, 0.1) is 0 Å². The Kier molecular flexibility index (Phi) is 9.36. The molecule has 0 bridgehead atoms. The minimum Gasteiger partial charge on any atom is -0.344 e. The summed E-state index contributed by atoms with van der Waals surface area (Å²) in [6.45, 7) is 6.25. The Hall–Kier alpha value is -1.67. The second-order valence-corrected chi connectivity index (χ2v) is 8.96. The fourth-order valence-electron chi connectivity index (χ4n) is 4.41. The molecule has 3 unspecified atom stereocenters. The van der Waals surface area contributed by atoms with Crippen LogP contribution in [0.3, 0.4) is 0 Å². The number of rotatable bonds is 3. The minimum atomic E-state index is -0.601. The number of fused-ring (bicyclic) bond motifs is 1. The standard InChI is InChI=1S/C21H38N4O4/c1-15(2)19-21(28)25-12-11-24(3)14-17(25)10-8-6-4-5-7-9-16(20(27)22-19)13-18(26)23-29/h15-17,19,29H,4-14H2,1-3H3,(H,22,27)(H,23,26). The van der Waals surface area contributed by atoms with E-state index in [-0.39, 0.29) is 30.2 Å². The molecule has 2 heterocycles. The summed E-state index contributed by atoms with van der Waals surface area (Å²) in [5.74, 6) is -1.45. The van der Waals surface area contributed by atoms with Crippen LogP contribution < -0.4 is 10.8 Å². The number of nitrogens with zero attached hydrogens (tertiary/aromatic N) is 2. The van der Waals surface area contributed by atoms with E-state index < -0.39 is 17.9 Å². The maximum absolute atomic E-state index is 13.4. The van der Waals surface area contributed by atoms with Crippen LogP contribution in [0.1, 0.15) is 65.2 Å². The van der Waals surface area contributed by atoms with E-state index in [1.165, 1.54) is 0 Å². The van der Waals surface area contributed by atoms with Crippen molar-refractivity contribution in [2.24, 2.45) is 11.8 Å². The molecule has 3 N–H and O–H groups in total. The van der Waals surface area contributed by atoms with Crippen LogP contribution in [0.25, 0.3) is 0 Å². The molecule has 0 radical (unpaired) electrons. The van der Waals surface area contributed by atoms with Gasteiger partial charge >= 0.3 is 0 Å². The topological polar surface area (TPSA) is 102 Å². The van der Waals surface area contributed by atoms with Crippen molar-refractivity contribution in [2.45, 2.75) is 77.3 Å². The zero-order valence-corrected chi connectivity index (χ0v) is 18.2. The molecule has 2 saturated heterocycles. The molecule has 0 aliphatic carbocycles. The van der Waals surface area contributed by atoms with E-state index in [2.05, 4.69) is 17.3 Å². The van der Waals surface area contributed by atoms with Gasteiger partial charge in [-0.15, -0.1) is 0 Å². The molecule has 8 nitrogen and oxygen atoms in total. The van der Waals surface area contributed by atoms with Crippen molar-refractivity contribution >= 4 is 17.7 Å². The van der Waals surface area contributed by atoms with Crippen molar-refractivity contribution in [3.8, 4) is 0 Å². The molecule has 2 aliphatic heterocycles. The molecule has 2 rings (SSSR count). The third-order valence-electron chi connectivity index (χ3n) is 6.22. The van der Waals surface area contributed by atoms with Crippen molar-refractivity contribution in [1.29, 1.82) is 0 Å². The molecular formula is C21H38N4O4. The van der Waals surface area contributed by atoms with E-state index in [4.69, 9.17) is 5.21 Å². The molecule has 166 valence electrons. The largest absolute Gasteiger partial charge is 0.344 e. The molecule has 2 fully saturated rings. The van der Waals surface area contributed by atoms with Crippen LogP contribution in [-0.2, 0) is 14.4 Å². The van der Waals surface area contributed by atoms with E-state index in [0.717, 1.165) is 51.6 Å². The maximum Gasteiger partial charge on any atom is 0.245 e. The minimum absolute atomic E-state index is 0.0196. The highest BCUT2D eigenvalue weighted by Crippen LogP contribution is 2.22. The first-order valence-corrected chi connectivity index (χ1v) is 11.1. The molecule has 0 aromatic carbocycles. The predicted molar refractivity (Wildman–Crippen MR) is 110 cm³/mol. The van der Waals surface area contributed by atoms with Gasteiger partial charge in [0.1, 0.15) is 6.04 Å². The molecule has 0 spiro atoms. The van der Waals surface area contributed by atoms with Gasteiger partial charge in [0.15, 0.2) is 0 Å². The quantitative estimate of drug-likeness (QED) is 0.484. The lowest BCUT2D eigenvalue weighted by atomic mass is 9.93. The Balaban J connectivity index is 2.21. The molecule has 29 heavy (non-hydrogen) atoms. The number of likely N-dealkylation sites (N-methyl/N-ethyl adjacent to an activating group) is 1. The first-order chi connectivity index (χ1) is 13.8. The summed E-state index contributed by atoms with van der Waals surface area (Å²) in [7, 11) is 2.09. The van der Waals surface area contributed by atoms with Crippen LogP contribution in [0.4, 0.5) is 0 Å². The summed E-state index contributed by atoms with van der Waals surface area (Å²) in [6.07, 6.45) is 6.68. The van der Waals surface area contributed by atoms with Gasteiger partial charge in [-0.2, -0.15) is 0 Å². The molecule has 3 amide bonds. The number of hydrogen-bond donors (Lipinski definition) is 3. The van der Waals surface area contributed by atoms with E-state index >= 15 is 0 Å². The maximum atomic E-state index is 13.4. The highest BCUT2D eigenvalue weighted by molar-refractivity contribution is 5.90. The lowest BCUT2D eigenvalue weighted by Crippen LogP contribution is -2.60. The van der Waals surface area contributed by atoms with Crippen LogP contribution in [0, 0.1) is 11.8 Å². The van der Waals surface area contributed by atoms with Crippen LogP contribution in [0.15, 0.2) is 0 Å². The SMILES string of the molecule is CC(C)C1NC(=O)C(CC(=O)NO)CCCCCCCC2CN(C)CCN2C1=O. The summed E-state index contributed by atoms with van der Waals surface area (Å²) < 4.78 is 0. The lowest BCUT2D eigenvalue weighted by Gasteiger charge is -2.42. The number of piperazine rings is 1. The smallest absolute Gasteiger partial charge is 0.245 e. The van der Waals surface area contributed by atoms with Gasteiger partial charge in [-0.3, -0.25) is 19.6 Å². The Morgan fingerprint density at radius 3 is 2.45 bits per heavy atom. The van der Waals surface area contributed by atoms with Gasteiger partial charge in [0.2, 0.25) is 17.7 Å². The highest BCUT2D eigenvalue weighted by atomic mass is 16.5. The summed E-state index contributed by atoms with van der Waals surface area (Å²) in [6, 6.07) is -0.422. The molecule has 2 aliphatic rings. The highest BCUT2D eigenvalue weighted by Gasteiger charge is 2.36. The van der Waals surface area contributed by atoms with Crippen LogP contribution in [0.5, 0.6) is 0 Å². The van der Waals surface area contributed by atoms with Crippen LogP contribution in [-0.4, -0.2) is 71.5 Å². The zero-order chi connectivity index (χ0) is 21.4. The second-order valence-electron chi connectivity index (χ2n) is 8.96. The van der Waals surface area contributed by atoms with Crippen molar-refractivity contribution in [1.82, 2.24) is 20.6 Å².